The van der Waals surface area contributed by atoms with Crippen LogP contribution in [0.5, 0.6) is 0 Å². The van der Waals surface area contributed by atoms with E-state index in [4.69, 9.17) is 0 Å². The third-order valence-corrected chi connectivity index (χ3v) is 17.7. The zero-order valence-electron chi connectivity index (χ0n) is 55.8. The van der Waals surface area contributed by atoms with Gasteiger partial charge < -0.3 is 14.4 Å². The van der Waals surface area contributed by atoms with Crippen molar-refractivity contribution in [3.8, 4) is 0 Å². The maximum atomic E-state index is 10.6. The summed E-state index contributed by atoms with van der Waals surface area (Å²) in [7, 11) is 12.0. The second-order valence-corrected chi connectivity index (χ2v) is 31.0. The minimum absolute atomic E-state index is 0.121. The molecule has 0 N–H and O–H groups in total. The number of unbranched alkanes of at least 4 members (excludes halogenated alkanes) is 3. The minimum atomic E-state index is 0.121. The SMILES string of the molecule is CC(=O)c1ccccc1.CC(C)CCSSCCC(C)C.CCC(C)=O.CCCC(=O)CCC.CCCC(C)=O.CCCCCC(C)=O.CCCCSSCCC(C)C.CCSC.CSCCC(C)C.CSSCCC(C)C. The first kappa shape index (κ1) is 97.5. The molecule has 0 unspecified atom stereocenters. The average molecular weight is 1250 g/mol. The van der Waals surface area contributed by atoms with Crippen LogP contribution in [0.3, 0.4) is 0 Å². The van der Waals surface area contributed by atoms with Gasteiger partial charge in [-0.1, -0.05) is 232 Å². The molecule has 78 heavy (non-hydrogen) atoms. The number of rotatable bonds is 34. The molecule has 0 saturated carbocycles. The maximum absolute atomic E-state index is 10.6. The Hall–Kier alpha value is 0.370. The number of Topliss-reactive ketones (excluding diaryl/α,β-unsaturated/α-hetero) is 5. The lowest BCUT2D eigenvalue weighted by Gasteiger charge is -2.05. The van der Waals surface area contributed by atoms with Gasteiger partial charge in [-0.05, 0) is 152 Å². The summed E-state index contributed by atoms with van der Waals surface area (Å²) in [6, 6.07) is 9.23. The van der Waals surface area contributed by atoms with Crippen LogP contribution in [0.1, 0.15) is 271 Å². The van der Waals surface area contributed by atoms with E-state index in [9.17, 15) is 24.0 Å². The molecule has 0 aromatic heterocycles. The highest BCUT2D eigenvalue weighted by Crippen LogP contribution is 2.26. The lowest BCUT2D eigenvalue weighted by atomic mass is 10.1. The fourth-order valence-electron chi connectivity index (χ4n) is 4.34. The van der Waals surface area contributed by atoms with E-state index in [1.54, 1.807) is 27.7 Å². The fraction of sp³-hybridized carbons (Fsp3) is 0.831. The van der Waals surface area contributed by atoms with Gasteiger partial charge in [0, 0.05) is 66.4 Å². The number of carbonyl (C=O) groups is 5. The summed E-state index contributed by atoms with van der Waals surface area (Å²) >= 11 is 3.79. The van der Waals surface area contributed by atoms with Crippen molar-refractivity contribution in [2.24, 2.45) is 29.6 Å². The van der Waals surface area contributed by atoms with Crippen molar-refractivity contribution in [2.45, 2.75) is 261 Å². The highest BCUT2D eigenvalue weighted by molar-refractivity contribution is 8.77. The summed E-state index contributed by atoms with van der Waals surface area (Å²) < 4.78 is 0. The maximum Gasteiger partial charge on any atom is 0.159 e. The molecule has 0 spiro atoms. The van der Waals surface area contributed by atoms with E-state index in [0.717, 1.165) is 86.5 Å². The molecule has 5 nitrogen and oxygen atoms in total. The Morgan fingerprint density at radius 1 is 0.385 bits per heavy atom. The first-order valence-corrected chi connectivity index (χ1v) is 40.4. The molecule has 0 aliphatic heterocycles. The van der Waals surface area contributed by atoms with E-state index in [0.29, 0.717) is 18.0 Å². The molecular weight excluding hydrogens is 1120 g/mol. The fourth-order valence-corrected chi connectivity index (χ4v) is 11.8. The monoisotopic (exact) mass is 1250 g/mol. The Kier molecular flexibility index (Phi) is 111. The number of ketones is 5. The molecule has 0 atom stereocenters. The molecule has 0 heterocycles. The molecule has 1 aromatic rings. The summed E-state index contributed by atoms with van der Waals surface area (Å²) in [6.45, 7) is 43.7. The van der Waals surface area contributed by atoms with Crippen molar-refractivity contribution in [2.75, 3.05) is 59.0 Å². The van der Waals surface area contributed by atoms with E-state index in [1.165, 1.54) is 98.1 Å². The Morgan fingerprint density at radius 2 is 0.718 bits per heavy atom. The Balaban J connectivity index is -0.0000000981. The van der Waals surface area contributed by atoms with Crippen molar-refractivity contribution in [1.29, 1.82) is 0 Å². The van der Waals surface area contributed by atoms with Crippen molar-refractivity contribution < 1.29 is 24.0 Å². The summed E-state index contributed by atoms with van der Waals surface area (Å²) in [5.74, 6) is 14.9. The molecule has 13 heteroatoms. The summed E-state index contributed by atoms with van der Waals surface area (Å²) in [5.41, 5.74) is 0.775. The van der Waals surface area contributed by atoms with Crippen LogP contribution in [-0.4, -0.2) is 88.0 Å². The van der Waals surface area contributed by atoms with E-state index >= 15 is 0 Å². The molecule has 0 radical (unpaired) electrons. The van der Waals surface area contributed by atoms with Crippen LogP contribution >= 0.6 is 88.3 Å². The highest BCUT2D eigenvalue weighted by Gasteiger charge is 1.99. The number of hydrogen-bond donors (Lipinski definition) is 0. The van der Waals surface area contributed by atoms with Gasteiger partial charge in [-0.2, -0.15) is 23.5 Å². The topological polar surface area (TPSA) is 85.3 Å². The third kappa shape index (κ3) is 142. The highest BCUT2D eigenvalue weighted by atomic mass is 33.1. The first-order chi connectivity index (χ1) is 36.8. The molecule has 1 aromatic carbocycles. The Labute approximate surface area is 522 Å². The molecule has 470 valence electrons. The van der Waals surface area contributed by atoms with Crippen molar-refractivity contribution in [3.05, 3.63) is 35.9 Å². The van der Waals surface area contributed by atoms with Gasteiger partial charge in [-0.15, -0.1) is 0 Å². The lowest BCUT2D eigenvalue weighted by Crippen LogP contribution is -1.93. The van der Waals surface area contributed by atoms with Crippen LogP contribution in [0.15, 0.2) is 30.3 Å². The molecule has 0 fully saturated rings. The molecule has 0 saturated heterocycles. The second-order valence-electron chi connectivity index (χ2n) is 20.7. The number of thioether (sulfide) groups is 2. The summed E-state index contributed by atoms with van der Waals surface area (Å²) in [5, 5.41) is 0. The van der Waals surface area contributed by atoms with Crippen LogP contribution < -0.4 is 0 Å². The van der Waals surface area contributed by atoms with E-state index in [1.807, 2.05) is 146 Å². The van der Waals surface area contributed by atoms with Crippen molar-refractivity contribution in [1.82, 2.24) is 0 Å². The van der Waals surface area contributed by atoms with Gasteiger partial charge in [0.1, 0.15) is 23.1 Å². The summed E-state index contributed by atoms with van der Waals surface area (Å²) in [6.07, 6.45) is 26.1. The van der Waals surface area contributed by atoms with Crippen LogP contribution in [0.4, 0.5) is 0 Å². The van der Waals surface area contributed by atoms with Crippen LogP contribution in [0.2, 0.25) is 0 Å². The quantitative estimate of drug-likeness (QED) is 0.0373. The van der Waals surface area contributed by atoms with Crippen molar-refractivity contribution >= 4 is 117 Å². The molecular formula is C65H132O5S8. The van der Waals surface area contributed by atoms with Gasteiger partial charge in [0.15, 0.2) is 5.78 Å². The Morgan fingerprint density at radius 3 is 0.936 bits per heavy atom. The van der Waals surface area contributed by atoms with Gasteiger partial charge in [0.2, 0.25) is 0 Å². The van der Waals surface area contributed by atoms with E-state index in [2.05, 4.69) is 109 Å². The van der Waals surface area contributed by atoms with E-state index < -0.39 is 0 Å². The van der Waals surface area contributed by atoms with Crippen LogP contribution in [-0.2, 0) is 19.2 Å². The van der Waals surface area contributed by atoms with Gasteiger partial charge in [-0.3, -0.25) is 9.59 Å². The van der Waals surface area contributed by atoms with Crippen LogP contribution in [0, 0.1) is 29.6 Å². The number of carbonyl (C=O) groups excluding carboxylic acids is 5. The van der Waals surface area contributed by atoms with Crippen molar-refractivity contribution in [3.63, 3.8) is 0 Å². The van der Waals surface area contributed by atoms with Gasteiger partial charge in [-0.25, -0.2) is 0 Å². The molecule has 0 aliphatic carbocycles. The smallest absolute Gasteiger partial charge is 0.159 e. The molecule has 0 amide bonds. The van der Waals surface area contributed by atoms with Gasteiger partial charge in [0.05, 0.1) is 0 Å². The number of benzene rings is 1. The molecule has 0 bridgehead atoms. The van der Waals surface area contributed by atoms with Crippen LogP contribution in [0.25, 0.3) is 0 Å². The zero-order valence-corrected chi connectivity index (χ0v) is 62.3. The molecule has 1 rings (SSSR count). The standard InChI is InChI=1S/C10H22S2.C9H20S2.C8H8O.2C7H14O.C6H14S2.C6H14S.C5H10O.C4H8O.C3H8S/c1-9(2)5-7-11-12-8-6-10(3)4;1-4-5-7-10-11-8-6-9(2)3;1-7(9)8-5-3-2-4-6-8;1-3-4-5-6-7(2)8;1-3-5-7(8)6-4-2;1-6(2)4-5-8-7-3;1-6(2)4-5-7-3;1-3-4-5(2)6;1-3-4(2)5;1-3-4-2/h9-10H,5-8H2,1-4H3;9H,4-8H2,1-3H3;2-6H,1H3;2*3-6H2,1-2H3;6H,4-5H2,1-3H3;6H,4-5H2,1-3H3;3-4H2,1-2H3;3H2,1-2H3;3H2,1-2H3. The number of hydrogen-bond acceptors (Lipinski definition) is 13. The third-order valence-electron chi connectivity index (χ3n) is 9.64. The summed E-state index contributed by atoms with van der Waals surface area (Å²) in [4.78, 5) is 51.5. The largest absolute Gasteiger partial charge is 0.300 e. The predicted molar refractivity (Wildman–Crippen MR) is 383 cm³/mol. The first-order valence-electron chi connectivity index (χ1n) is 30.0. The molecule has 0 aliphatic rings. The lowest BCUT2D eigenvalue weighted by molar-refractivity contribution is -0.119. The second kappa shape index (κ2) is 88.6. The normalized spacial score (nSPS) is 9.76. The van der Waals surface area contributed by atoms with Gasteiger partial charge in [0.25, 0.3) is 0 Å². The van der Waals surface area contributed by atoms with E-state index in [-0.39, 0.29) is 17.3 Å². The Bertz CT molecular complexity index is 1260. The van der Waals surface area contributed by atoms with Gasteiger partial charge >= 0.3 is 0 Å². The zero-order chi connectivity index (χ0) is 62.2. The predicted octanol–water partition coefficient (Wildman–Crippen LogP) is 24.0. The minimum Gasteiger partial charge on any atom is -0.300 e. The average Bonchev–Trinajstić information content (AvgIpc) is 3.37.